The minimum Gasteiger partial charge on any atom is -0.392 e. The number of nitro benzene ring substituents is 1. The quantitative estimate of drug-likeness (QED) is 0.660. The van der Waals surface area contributed by atoms with E-state index >= 15 is 0 Å². The van der Waals surface area contributed by atoms with Crippen molar-refractivity contribution in [2.24, 2.45) is 7.05 Å². The van der Waals surface area contributed by atoms with Crippen LogP contribution in [0.4, 0.5) is 11.4 Å². The average molecular weight is 276 g/mol. The number of aliphatic hydroxyl groups excluding tert-OH is 1. The topological polar surface area (TPSA) is 84.4 Å². The lowest BCUT2D eigenvalue weighted by Gasteiger charge is -2.19. The van der Waals surface area contributed by atoms with Gasteiger partial charge >= 0.3 is 0 Å². The Hall–Kier alpha value is -2.41. The van der Waals surface area contributed by atoms with E-state index in [1.807, 2.05) is 17.8 Å². The summed E-state index contributed by atoms with van der Waals surface area (Å²) < 4.78 is 1.87. The van der Waals surface area contributed by atoms with E-state index in [0.29, 0.717) is 17.8 Å². The predicted octanol–water partition coefficient (Wildman–Crippen LogP) is 1.46. The maximum atomic E-state index is 11.1. The molecule has 0 saturated heterocycles. The molecule has 106 valence electrons. The first-order valence-corrected chi connectivity index (χ1v) is 6.08. The van der Waals surface area contributed by atoms with Crippen molar-refractivity contribution in [1.82, 2.24) is 9.55 Å². The fourth-order valence-electron chi connectivity index (χ4n) is 1.98. The number of hydrogen-bond donors (Lipinski definition) is 1. The van der Waals surface area contributed by atoms with Gasteiger partial charge in [-0.1, -0.05) is 6.07 Å². The van der Waals surface area contributed by atoms with E-state index in [9.17, 15) is 10.1 Å². The molecule has 20 heavy (non-hydrogen) atoms. The number of rotatable bonds is 5. The number of aliphatic hydroxyl groups is 1. The molecule has 1 heterocycles. The number of nitrogens with zero attached hydrogens (tertiary/aromatic N) is 4. The maximum Gasteiger partial charge on any atom is 0.292 e. The SMILES string of the molecule is CN(Cc1nccn1C)c1ccc(CO)cc1[N+](=O)[O-]. The summed E-state index contributed by atoms with van der Waals surface area (Å²) in [6.07, 6.45) is 3.51. The zero-order valence-electron chi connectivity index (χ0n) is 11.4. The van der Waals surface area contributed by atoms with Crippen molar-refractivity contribution in [2.45, 2.75) is 13.2 Å². The van der Waals surface area contributed by atoms with Crippen LogP contribution in [0.15, 0.2) is 30.6 Å². The Balaban J connectivity index is 2.31. The summed E-state index contributed by atoms with van der Waals surface area (Å²) in [7, 11) is 3.65. The van der Waals surface area contributed by atoms with E-state index in [-0.39, 0.29) is 12.3 Å². The molecular formula is C13H16N4O3. The smallest absolute Gasteiger partial charge is 0.292 e. The highest BCUT2D eigenvalue weighted by Crippen LogP contribution is 2.29. The van der Waals surface area contributed by atoms with Gasteiger partial charge in [0.2, 0.25) is 0 Å². The van der Waals surface area contributed by atoms with Crippen LogP contribution in [-0.4, -0.2) is 26.6 Å². The fraction of sp³-hybridized carbons (Fsp3) is 0.308. The Labute approximate surface area is 116 Å². The zero-order valence-corrected chi connectivity index (χ0v) is 11.4. The number of aromatic nitrogens is 2. The van der Waals surface area contributed by atoms with Crippen molar-refractivity contribution < 1.29 is 10.0 Å². The Morgan fingerprint density at radius 3 is 2.80 bits per heavy atom. The minimum atomic E-state index is -0.441. The summed E-state index contributed by atoms with van der Waals surface area (Å²) in [5, 5.41) is 20.2. The third-order valence-corrected chi connectivity index (χ3v) is 3.13. The molecule has 1 aromatic heterocycles. The average Bonchev–Trinajstić information content (AvgIpc) is 2.83. The van der Waals surface area contributed by atoms with E-state index in [0.717, 1.165) is 5.82 Å². The molecule has 0 bridgehead atoms. The molecule has 1 N–H and O–H groups in total. The van der Waals surface area contributed by atoms with E-state index < -0.39 is 4.92 Å². The first-order valence-electron chi connectivity index (χ1n) is 6.08. The molecule has 0 spiro atoms. The molecule has 0 aliphatic heterocycles. The summed E-state index contributed by atoms with van der Waals surface area (Å²) in [5.41, 5.74) is 0.995. The Bertz CT molecular complexity index is 624. The number of benzene rings is 1. The van der Waals surface area contributed by atoms with E-state index in [4.69, 9.17) is 5.11 Å². The zero-order chi connectivity index (χ0) is 14.7. The number of hydrogen-bond acceptors (Lipinski definition) is 5. The summed E-state index contributed by atoms with van der Waals surface area (Å²) in [6.45, 7) is 0.243. The van der Waals surface area contributed by atoms with Crippen molar-refractivity contribution in [3.63, 3.8) is 0 Å². The van der Waals surface area contributed by atoms with Gasteiger partial charge < -0.3 is 14.6 Å². The summed E-state index contributed by atoms with van der Waals surface area (Å²) in [4.78, 5) is 16.7. The molecule has 0 aliphatic rings. The van der Waals surface area contributed by atoms with Gasteiger partial charge in [-0.25, -0.2) is 4.98 Å². The number of nitro groups is 1. The molecule has 7 nitrogen and oxygen atoms in total. The summed E-state index contributed by atoms with van der Waals surface area (Å²) in [5.74, 6) is 0.813. The lowest BCUT2D eigenvalue weighted by atomic mass is 10.1. The number of aryl methyl sites for hydroxylation is 1. The van der Waals surface area contributed by atoms with Crippen molar-refractivity contribution in [3.8, 4) is 0 Å². The second-order valence-corrected chi connectivity index (χ2v) is 4.55. The third kappa shape index (κ3) is 2.77. The van der Waals surface area contributed by atoms with Crippen LogP contribution in [0, 0.1) is 10.1 Å². The van der Waals surface area contributed by atoms with Crippen LogP contribution < -0.4 is 4.90 Å². The van der Waals surface area contributed by atoms with E-state index in [1.165, 1.54) is 6.07 Å². The lowest BCUT2D eigenvalue weighted by molar-refractivity contribution is -0.384. The van der Waals surface area contributed by atoms with Gasteiger partial charge in [-0.05, 0) is 11.6 Å². The largest absolute Gasteiger partial charge is 0.392 e. The first kappa shape index (κ1) is 14.0. The van der Waals surface area contributed by atoms with Crippen LogP contribution in [0.25, 0.3) is 0 Å². The second kappa shape index (κ2) is 5.70. The van der Waals surface area contributed by atoms with E-state index in [1.54, 1.807) is 30.3 Å². The molecular weight excluding hydrogens is 260 g/mol. The molecule has 0 aliphatic carbocycles. The first-order chi connectivity index (χ1) is 9.52. The highest BCUT2D eigenvalue weighted by Gasteiger charge is 2.18. The predicted molar refractivity (Wildman–Crippen MR) is 74.3 cm³/mol. The molecule has 7 heteroatoms. The normalized spacial score (nSPS) is 10.6. The molecule has 1 aromatic carbocycles. The van der Waals surface area contributed by atoms with Gasteiger partial charge in [0.25, 0.3) is 5.69 Å². The minimum absolute atomic E-state index is 0.0201. The highest BCUT2D eigenvalue weighted by atomic mass is 16.6. The van der Waals surface area contributed by atoms with Gasteiger partial charge in [-0.2, -0.15) is 0 Å². The van der Waals surface area contributed by atoms with Crippen LogP contribution in [0.2, 0.25) is 0 Å². The van der Waals surface area contributed by atoms with Gasteiger partial charge in [-0.15, -0.1) is 0 Å². The number of anilines is 1. The fourth-order valence-corrected chi connectivity index (χ4v) is 1.98. The van der Waals surface area contributed by atoms with Gasteiger partial charge in [0.15, 0.2) is 0 Å². The summed E-state index contributed by atoms with van der Waals surface area (Å²) >= 11 is 0. The molecule has 0 atom stereocenters. The third-order valence-electron chi connectivity index (χ3n) is 3.13. The van der Waals surface area contributed by atoms with Gasteiger partial charge in [0.1, 0.15) is 11.5 Å². The highest BCUT2D eigenvalue weighted by molar-refractivity contribution is 5.63. The van der Waals surface area contributed by atoms with Crippen molar-refractivity contribution in [3.05, 3.63) is 52.1 Å². The molecule has 0 amide bonds. The standard InChI is InChI=1S/C13H16N4O3/c1-15-6-5-14-13(15)8-16(2)11-4-3-10(9-18)7-12(11)17(19)20/h3-7,18H,8-9H2,1-2H3. The van der Waals surface area contributed by atoms with Crippen molar-refractivity contribution in [2.75, 3.05) is 11.9 Å². The number of imidazole rings is 1. The molecule has 2 rings (SSSR count). The van der Waals surface area contributed by atoms with Crippen molar-refractivity contribution in [1.29, 1.82) is 0 Å². The lowest BCUT2D eigenvalue weighted by Crippen LogP contribution is -2.20. The molecule has 0 fully saturated rings. The Morgan fingerprint density at radius 2 is 2.25 bits per heavy atom. The molecule has 0 radical (unpaired) electrons. The van der Waals surface area contributed by atoms with Crippen LogP contribution in [0.5, 0.6) is 0 Å². The molecule has 0 saturated carbocycles. The molecule has 0 unspecified atom stereocenters. The van der Waals surface area contributed by atoms with Crippen molar-refractivity contribution >= 4 is 11.4 Å². The molecule has 2 aromatic rings. The van der Waals surface area contributed by atoms with E-state index in [2.05, 4.69) is 4.98 Å². The second-order valence-electron chi connectivity index (χ2n) is 4.55. The van der Waals surface area contributed by atoms with Crippen LogP contribution in [-0.2, 0) is 20.2 Å². The summed E-state index contributed by atoms with van der Waals surface area (Å²) in [6, 6.07) is 4.72. The Morgan fingerprint density at radius 1 is 1.50 bits per heavy atom. The van der Waals surface area contributed by atoms with Crippen LogP contribution >= 0.6 is 0 Å². The van der Waals surface area contributed by atoms with Gasteiger partial charge in [0, 0.05) is 32.6 Å². The van der Waals surface area contributed by atoms with Gasteiger partial charge in [-0.3, -0.25) is 10.1 Å². The van der Waals surface area contributed by atoms with Crippen LogP contribution in [0.3, 0.4) is 0 Å². The maximum absolute atomic E-state index is 11.1. The van der Waals surface area contributed by atoms with Gasteiger partial charge in [0.05, 0.1) is 18.1 Å². The van der Waals surface area contributed by atoms with Crippen LogP contribution in [0.1, 0.15) is 11.4 Å². The monoisotopic (exact) mass is 276 g/mol. The Kier molecular flexibility index (Phi) is 3.99.